The van der Waals surface area contributed by atoms with Crippen molar-refractivity contribution >= 4 is 11.7 Å². The summed E-state index contributed by atoms with van der Waals surface area (Å²) >= 11 is 0. The van der Waals surface area contributed by atoms with Crippen LogP contribution in [-0.4, -0.2) is 61.0 Å². The highest BCUT2D eigenvalue weighted by molar-refractivity contribution is 5.72. The molecule has 0 spiro atoms. The first-order chi connectivity index (χ1) is 15.9. The number of amides is 1. The van der Waals surface area contributed by atoms with Gasteiger partial charge in [-0.05, 0) is 31.4 Å². The van der Waals surface area contributed by atoms with E-state index in [-0.39, 0.29) is 17.4 Å². The summed E-state index contributed by atoms with van der Waals surface area (Å²) in [5.41, 5.74) is 3.15. The highest BCUT2D eigenvalue weighted by Crippen LogP contribution is 2.31. The standard InChI is InChI=1S/C22H22N6O5/c1-12-3-4-14(9-17(12)32-2)19-25-21(33-26-19)15-11-23-28-16(10-18(29)24-20(15)28)13-5-7-27(8-6-13)22(30)31/h3-4,9-11,13H,5-8H2,1-2H3,(H,24,29)(H,30,31). The molecule has 0 saturated carbocycles. The van der Waals surface area contributed by atoms with Crippen LogP contribution in [0.15, 0.2) is 39.8 Å². The van der Waals surface area contributed by atoms with Gasteiger partial charge < -0.3 is 24.3 Å². The third-order valence-electron chi connectivity index (χ3n) is 6.04. The zero-order valence-corrected chi connectivity index (χ0v) is 18.1. The van der Waals surface area contributed by atoms with Gasteiger partial charge in [0.25, 0.3) is 11.4 Å². The number of hydrogen-bond acceptors (Lipinski definition) is 7. The van der Waals surface area contributed by atoms with Crippen LogP contribution in [0.25, 0.3) is 28.5 Å². The van der Waals surface area contributed by atoms with E-state index in [4.69, 9.17) is 9.26 Å². The van der Waals surface area contributed by atoms with Crippen molar-refractivity contribution in [2.75, 3.05) is 20.2 Å². The maximum Gasteiger partial charge on any atom is 0.407 e. The Bertz CT molecular complexity index is 1400. The molecule has 4 heterocycles. The van der Waals surface area contributed by atoms with Gasteiger partial charge in [0.1, 0.15) is 17.0 Å². The number of hydrogen-bond donors (Lipinski definition) is 2. The lowest BCUT2D eigenvalue weighted by molar-refractivity contribution is 0.131. The predicted octanol–water partition coefficient (Wildman–Crippen LogP) is 2.91. The number of aromatic nitrogens is 5. The summed E-state index contributed by atoms with van der Waals surface area (Å²) in [6.45, 7) is 2.77. The van der Waals surface area contributed by atoms with E-state index in [0.717, 1.165) is 22.6 Å². The normalized spacial score (nSPS) is 14.7. The first-order valence-electron chi connectivity index (χ1n) is 10.5. The first-order valence-corrected chi connectivity index (χ1v) is 10.5. The monoisotopic (exact) mass is 450 g/mol. The van der Waals surface area contributed by atoms with Crippen LogP contribution in [0.3, 0.4) is 0 Å². The van der Waals surface area contributed by atoms with Gasteiger partial charge in [-0.25, -0.2) is 9.31 Å². The number of carboxylic acid groups (broad SMARTS) is 1. The van der Waals surface area contributed by atoms with Crippen LogP contribution in [0.1, 0.15) is 30.0 Å². The van der Waals surface area contributed by atoms with Gasteiger partial charge in [-0.2, -0.15) is 10.1 Å². The molecule has 1 aromatic carbocycles. The Balaban J connectivity index is 1.50. The van der Waals surface area contributed by atoms with Crippen molar-refractivity contribution in [3.05, 3.63) is 52.1 Å². The van der Waals surface area contributed by atoms with Gasteiger partial charge in [0.05, 0.1) is 19.0 Å². The molecule has 1 aliphatic heterocycles. The van der Waals surface area contributed by atoms with E-state index in [2.05, 4.69) is 20.2 Å². The summed E-state index contributed by atoms with van der Waals surface area (Å²) in [6.07, 6.45) is 1.87. The molecular formula is C22H22N6O5. The van der Waals surface area contributed by atoms with Crippen molar-refractivity contribution in [3.63, 3.8) is 0 Å². The highest BCUT2D eigenvalue weighted by atomic mass is 16.5. The number of carbonyl (C=O) groups is 1. The van der Waals surface area contributed by atoms with Crippen LogP contribution >= 0.6 is 0 Å². The zero-order chi connectivity index (χ0) is 23.1. The van der Waals surface area contributed by atoms with Gasteiger partial charge in [-0.1, -0.05) is 17.3 Å². The number of rotatable bonds is 4. The minimum absolute atomic E-state index is 0.0106. The van der Waals surface area contributed by atoms with Crippen LogP contribution < -0.4 is 10.3 Å². The Morgan fingerprint density at radius 2 is 2.06 bits per heavy atom. The third kappa shape index (κ3) is 3.71. The molecule has 11 heteroatoms. The Morgan fingerprint density at radius 1 is 1.27 bits per heavy atom. The first kappa shape index (κ1) is 20.7. The summed E-state index contributed by atoms with van der Waals surface area (Å²) in [4.78, 5) is 32.3. The number of H-pyrrole nitrogens is 1. The average molecular weight is 450 g/mol. The molecule has 0 unspecified atom stereocenters. The topological polar surface area (TPSA) is 139 Å². The Kier molecular flexibility index (Phi) is 5.08. The Hall–Kier alpha value is -4.15. The van der Waals surface area contributed by atoms with Gasteiger partial charge in [0, 0.05) is 30.6 Å². The van der Waals surface area contributed by atoms with Crippen LogP contribution in [0, 0.1) is 6.92 Å². The lowest BCUT2D eigenvalue weighted by atomic mass is 9.93. The average Bonchev–Trinajstić information content (AvgIpc) is 3.46. The number of fused-ring (bicyclic) bond motifs is 1. The molecule has 3 aromatic heterocycles. The van der Waals surface area contributed by atoms with Crippen molar-refractivity contribution in [2.24, 2.45) is 0 Å². The summed E-state index contributed by atoms with van der Waals surface area (Å²) in [5, 5.41) is 17.7. The second kappa shape index (κ2) is 8.08. The van der Waals surface area contributed by atoms with Crippen molar-refractivity contribution in [3.8, 4) is 28.6 Å². The number of methoxy groups -OCH3 is 1. The molecule has 0 bridgehead atoms. The van der Waals surface area contributed by atoms with Gasteiger partial charge in [-0.15, -0.1) is 0 Å². The lowest BCUT2D eigenvalue weighted by Crippen LogP contribution is -2.37. The van der Waals surface area contributed by atoms with E-state index in [0.29, 0.717) is 43.0 Å². The quantitative estimate of drug-likeness (QED) is 0.484. The molecule has 0 radical (unpaired) electrons. The van der Waals surface area contributed by atoms with E-state index in [1.54, 1.807) is 17.8 Å². The molecule has 11 nitrogen and oxygen atoms in total. The molecule has 33 heavy (non-hydrogen) atoms. The van der Waals surface area contributed by atoms with E-state index in [1.807, 2.05) is 25.1 Å². The van der Waals surface area contributed by atoms with E-state index < -0.39 is 6.09 Å². The smallest absolute Gasteiger partial charge is 0.407 e. The number of ether oxygens (including phenoxy) is 1. The Labute approximate surface area is 187 Å². The fourth-order valence-electron chi connectivity index (χ4n) is 4.24. The van der Waals surface area contributed by atoms with Gasteiger partial charge in [-0.3, -0.25) is 4.79 Å². The molecule has 5 rings (SSSR count). The molecule has 0 aliphatic carbocycles. The van der Waals surface area contributed by atoms with Crippen molar-refractivity contribution in [1.82, 2.24) is 29.6 Å². The van der Waals surface area contributed by atoms with E-state index >= 15 is 0 Å². The summed E-state index contributed by atoms with van der Waals surface area (Å²) in [6, 6.07) is 7.15. The molecule has 170 valence electrons. The molecular weight excluding hydrogens is 428 g/mol. The number of nitrogens with one attached hydrogen (secondary N) is 1. The Morgan fingerprint density at radius 3 is 2.79 bits per heavy atom. The molecule has 4 aromatic rings. The zero-order valence-electron chi connectivity index (χ0n) is 18.1. The summed E-state index contributed by atoms with van der Waals surface area (Å²) in [5.74, 6) is 1.35. The van der Waals surface area contributed by atoms with Crippen molar-refractivity contribution in [1.29, 1.82) is 0 Å². The SMILES string of the molecule is COc1cc(-c2noc(-c3cnn4c(C5CCN(C(=O)O)CC5)cc(=O)[nH]c34)n2)ccc1C. The van der Waals surface area contributed by atoms with Gasteiger partial charge in [0.2, 0.25) is 5.82 Å². The van der Waals surface area contributed by atoms with Crippen molar-refractivity contribution < 1.29 is 19.2 Å². The van der Waals surface area contributed by atoms with Gasteiger partial charge >= 0.3 is 6.09 Å². The maximum absolute atomic E-state index is 12.4. The second-order valence-corrected chi connectivity index (χ2v) is 8.03. The third-order valence-corrected chi connectivity index (χ3v) is 6.04. The summed E-state index contributed by atoms with van der Waals surface area (Å²) < 4.78 is 12.5. The van der Waals surface area contributed by atoms with Crippen molar-refractivity contribution in [2.45, 2.75) is 25.7 Å². The minimum atomic E-state index is -0.927. The number of piperidine rings is 1. The van der Waals surface area contributed by atoms with Gasteiger partial charge in [0.15, 0.2) is 0 Å². The van der Waals surface area contributed by atoms with E-state index in [1.165, 1.54) is 11.0 Å². The molecule has 1 amide bonds. The van der Waals surface area contributed by atoms with Crippen LogP contribution in [0.2, 0.25) is 0 Å². The maximum atomic E-state index is 12.4. The van der Waals surface area contributed by atoms with Crippen LogP contribution in [0.4, 0.5) is 4.79 Å². The number of benzene rings is 1. The predicted molar refractivity (Wildman–Crippen MR) is 117 cm³/mol. The number of nitrogens with zero attached hydrogens (tertiary/aromatic N) is 5. The molecule has 0 atom stereocenters. The van der Waals surface area contributed by atoms with E-state index in [9.17, 15) is 14.7 Å². The minimum Gasteiger partial charge on any atom is -0.496 e. The fraction of sp³-hybridized carbons (Fsp3) is 0.318. The summed E-state index contributed by atoms with van der Waals surface area (Å²) in [7, 11) is 1.60. The van der Waals surface area contributed by atoms with Crippen LogP contribution in [0.5, 0.6) is 5.75 Å². The molecule has 1 saturated heterocycles. The largest absolute Gasteiger partial charge is 0.496 e. The van der Waals surface area contributed by atoms with Crippen LogP contribution in [-0.2, 0) is 0 Å². The number of aromatic amines is 1. The molecule has 1 aliphatic rings. The fourth-order valence-corrected chi connectivity index (χ4v) is 4.24. The molecule has 2 N–H and O–H groups in total. The number of likely N-dealkylation sites (tertiary alicyclic amines) is 1. The highest BCUT2D eigenvalue weighted by Gasteiger charge is 2.27. The second-order valence-electron chi connectivity index (χ2n) is 8.03. The lowest BCUT2D eigenvalue weighted by Gasteiger charge is -2.30. The number of aryl methyl sites for hydroxylation is 1. The molecule has 1 fully saturated rings.